The molecule has 1 saturated heterocycles. The Kier molecular flexibility index (Phi) is 7.27. The number of ketones is 1. The Morgan fingerprint density at radius 3 is 2.32 bits per heavy atom. The summed E-state index contributed by atoms with van der Waals surface area (Å²) in [4.78, 5) is 12.1. The predicted octanol–water partition coefficient (Wildman–Crippen LogP) is 5.51. The van der Waals surface area contributed by atoms with E-state index in [2.05, 4.69) is 60.4 Å². The van der Waals surface area contributed by atoms with Crippen LogP contribution in [0.1, 0.15) is 62.3 Å². The van der Waals surface area contributed by atoms with Crippen LogP contribution in [0.2, 0.25) is 0 Å². The number of carbonyl (C=O) groups is 1. The third-order valence-electron chi connectivity index (χ3n) is 5.50. The molecular formula is C25H33NO2. The first-order chi connectivity index (χ1) is 13.5. The molecule has 2 aliphatic rings. The van der Waals surface area contributed by atoms with Gasteiger partial charge in [0.1, 0.15) is 17.6 Å². The summed E-state index contributed by atoms with van der Waals surface area (Å²) in [5.74, 6) is 1.16. The molecule has 4 rings (SSSR count). The maximum Gasteiger partial charge on any atom is 0.140 e. The Labute approximate surface area is 169 Å². The maximum atomic E-state index is 9.44. The summed E-state index contributed by atoms with van der Waals surface area (Å²) in [5.41, 5.74) is 4.10. The van der Waals surface area contributed by atoms with Crippen LogP contribution < -0.4 is 4.74 Å². The number of fused-ring (bicyclic) bond motifs is 1. The fourth-order valence-corrected chi connectivity index (χ4v) is 4.26. The number of hydrogen-bond donors (Lipinski definition) is 0. The van der Waals surface area contributed by atoms with Gasteiger partial charge in [0, 0.05) is 0 Å². The number of carbonyl (C=O) groups excluding carboxylic acids is 1. The van der Waals surface area contributed by atoms with Crippen molar-refractivity contribution in [2.24, 2.45) is 0 Å². The van der Waals surface area contributed by atoms with E-state index in [1.807, 2.05) is 0 Å². The van der Waals surface area contributed by atoms with Gasteiger partial charge in [0.15, 0.2) is 0 Å². The predicted molar refractivity (Wildman–Crippen MR) is 115 cm³/mol. The SMILES string of the molecule is CC(C)=O.Cc1cccc(O[C@H]2c3ccccc3CC2N2CCCCCC2)c1. The molecular weight excluding hydrogens is 346 g/mol. The number of benzene rings is 2. The summed E-state index contributed by atoms with van der Waals surface area (Å²) >= 11 is 0. The van der Waals surface area contributed by atoms with Crippen molar-refractivity contribution in [2.45, 2.75) is 65.0 Å². The highest BCUT2D eigenvalue weighted by molar-refractivity contribution is 5.72. The van der Waals surface area contributed by atoms with E-state index in [1.54, 1.807) is 0 Å². The number of rotatable bonds is 3. The van der Waals surface area contributed by atoms with Crippen molar-refractivity contribution >= 4 is 5.78 Å². The van der Waals surface area contributed by atoms with Gasteiger partial charge >= 0.3 is 0 Å². The standard InChI is InChI=1S/C22H27NO.C3H6O/c1-17-9-8-11-19(15-17)24-22-20-12-5-4-10-18(20)16-21(22)23-13-6-2-3-7-14-23;1-3(2)4/h4-5,8-12,15,21-22H,2-3,6-7,13-14,16H2,1H3;1-2H3/t21?,22-;/m0./s1. The van der Waals surface area contributed by atoms with Crippen molar-refractivity contribution in [1.29, 1.82) is 0 Å². The Morgan fingerprint density at radius 2 is 1.64 bits per heavy atom. The normalized spacial score (nSPS) is 21.8. The lowest BCUT2D eigenvalue weighted by atomic mass is 10.1. The average molecular weight is 380 g/mol. The molecule has 0 aromatic heterocycles. The van der Waals surface area contributed by atoms with Crippen molar-refractivity contribution < 1.29 is 9.53 Å². The average Bonchev–Trinajstić information content (AvgIpc) is 2.82. The highest BCUT2D eigenvalue weighted by atomic mass is 16.5. The van der Waals surface area contributed by atoms with E-state index in [1.165, 1.54) is 69.3 Å². The molecule has 0 N–H and O–H groups in total. The third kappa shape index (κ3) is 5.45. The van der Waals surface area contributed by atoms with Crippen molar-refractivity contribution in [1.82, 2.24) is 4.90 Å². The van der Waals surface area contributed by atoms with E-state index < -0.39 is 0 Å². The summed E-state index contributed by atoms with van der Waals surface area (Å²) in [7, 11) is 0. The van der Waals surface area contributed by atoms with Gasteiger partial charge in [-0.15, -0.1) is 0 Å². The van der Waals surface area contributed by atoms with E-state index in [4.69, 9.17) is 4.74 Å². The van der Waals surface area contributed by atoms with Gasteiger partial charge in [0.05, 0.1) is 6.04 Å². The lowest BCUT2D eigenvalue weighted by Crippen LogP contribution is -2.40. The van der Waals surface area contributed by atoms with Crippen molar-refractivity contribution in [2.75, 3.05) is 13.1 Å². The molecule has 0 bridgehead atoms. The zero-order chi connectivity index (χ0) is 19.9. The minimum Gasteiger partial charge on any atom is -0.484 e. The first kappa shape index (κ1) is 20.6. The van der Waals surface area contributed by atoms with Crippen LogP contribution in [0, 0.1) is 6.92 Å². The molecule has 0 saturated carbocycles. The molecule has 150 valence electrons. The summed E-state index contributed by atoms with van der Waals surface area (Å²) in [5, 5.41) is 0. The van der Waals surface area contributed by atoms with E-state index in [9.17, 15) is 4.79 Å². The smallest absolute Gasteiger partial charge is 0.140 e. The fourth-order valence-electron chi connectivity index (χ4n) is 4.26. The van der Waals surface area contributed by atoms with Crippen LogP contribution >= 0.6 is 0 Å². The number of Topliss-reactive ketones (excluding diaryl/α,β-unsaturated/α-hetero) is 1. The first-order valence-electron chi connectivity index (χ1n) is 10.6. The van der Waals surface area contributed by atoms with Crippen LogP contribution in [0.5, 0.6) is 5.75 Å². The molecule has 1 aliphatic heterocycles. The summed E-state index contributed by atoms with van der Waals surface area (Å²) in [6.45, 7) is 7.61. The Morgan fingerprint density at radius 1 is 0.964 bits per heavy atom. The summed E-state index contributed by atoms with van der Waals surface area (Å²) < 4.78 is 6.55. The molecule has 1 heterocycles. The maximum absolute atomic E-state index is 9.44. The summed E-state index contributed by atoms with van der Waals surface area (Å²) in [6.07, 6.45) is 6.67. The number of ether oxygens (including phenoxy) is 1. The second-order valence-corrected chi connectivity index (χ2v) is 8.18. The topological polar surface area (TPSA) is 29.5 Å². The van der Waals surface area contributed by atoms with Crippen molar-refractivity contribution in [3.8, 4) is 5.75 Å². The van der Waals surface area contributed by atoms with E-state index in [0.717, 1.165) is 12.2 Å². The largest absolute Gasteiger partial charge is 0.484 e. The molecule has 3 heteroatoms. The van der Waals surface area contributed by atoms with Gasteiger partial charge < -0.3 is 9.53 Å². The van der Waals surface area contributed by atoms with E-state index in [-0.39, 0.29) is 11.9 Å². The number of likely N-dealkylation sites (tertiary alicyclic amines) is 1. The van der Waals surface area contributed by atoms with Gasteiger partial charge in [-0.3, -0.25) is 4.90 Å². The van der Waals surface area contributed by atoms with Crippen LogP contribution in [0.3, 0.4) is 0 Å². The van der Waals surface area contributed by atoms with Gasteiger partial charge in [0.25, 0.3) is 0 Å². The van der Waals surface area contributed by atoms with E-state index >= 15 is 0 Å². The minimum atomic E-state index is 0.154. The van der Waals surface area contributed by atoms with Gasteiger partial charge in [-0.2, -0.15) is 0 Å². The van der Waals surface area contributed by atoms with Gasteiger partial charge in [-0.25, -0.2) is 0 Å². The number of aryl methyl sites for hydroxylation is 1. The van der Waals surface area contributed by atoms with Crippen LogP contribution in [-0.2, 0) is 11.2 Å². The second-order valence-electron chi connectivity index (χ2n) is 8.18. The Balaban J connectivity index is 0.000000516. The lowest BCUT2D eigenvalue weighted by molar-refractivity contribution is -0.114. The fraction of sp³-hybridized carbons (Fsp3) is 0.480. The lowest BCUT2D eigenvalue weighted by Gasteiger charge is -2.32. The quantitative estimate of drug-likeness (QED) is 0.704. The molecule has 1 unspecified atom stereocenters. The molecule has 2 aromatic carbocycles. The van der Waals surface area contributed by atoms with Crippen LogP contribution in [0.25, 0.3) is 0 Å². The third-order valence-corrected chi connectivity index (χ3v) is 5.50. The molecule has 0 spiro atoms. The van der Waals surface area contributed by atoms with E-state index in [0.29, 0.717) is 6.04 Å². The van der Waals surface area contributed by atoms with Crippen LogP contribution in [0.4, 0.5) is 0 Å². The van der Waals surface area contributed by atoms with Crippen LogP contribution in [0.15, 0.2) is 48.5 Å². The van der Waals surface area contributed by atoms with Crippen molar-refractivity contribution in [3.63, 3.8) is 0 Å². The highest BCUT2D eigenvalue weighted by Crippen LogP contribution is 2.38. The minimum absolute atomic E-state index is 0.154. The molecule has 3 nitrogen and oxygen atoms in total. The molecule has 2 aromatic rings. The second kappa shape index (κ2) is 9.88. The monoisotopic (exact) mass is 379 g/mol. The zero-order valence-electron chi connectivity index (χ0n) is 17.5. The first-order valence-corrected chi connectivity index (χ1v) is 10.6. The summed E-state index contributed by atoms with van der Waals surface area (Å²) in [6, 6.07) is 17.8. The van der Waals surface area contributed by atoms with Gasteiger partial charge in [0.2, 0.25) is 0 Å². The van der Waals surface area contributed by atoms with Gasteiger partial charge in [-0.1, -0.05) is 49.2 Å². The molecule has 1 aliphatic carbocycles. The number of nitrogens with zero attached hydrogens (tertiary/aromatic N) is 1. The van der Waals surface area contributed by atoms with Gasteiger partial charge in [-0.05, 0) is 81.9 Å². The molecule has 0 amide bonds. The molecule has 28 heavy (non-hydrogen) atoms. The molecule has 0 radical (unpaired) electrons. The van der Waals surface area contributed by atoms with Crippen molar-refractivity contribution in [3.05, 3.63) is 65.2 Å². The van der Waals surface area contributed by atoms with Crippen LogP contribution in [-0.4, -0.2) is 29.8 Å². The zero-order valence-corrected chi connectivity index (χ0v) is 17.5. The molecule has 2 atom stereocenters. The molecule has 1 fully saturated rings. The number of hydrogen-bond acceptors (Lipinski definition) is 3. The Hall–Kier alpha value is -2.13. The highest BCUT2D eigenvalue weighted by Gasteiger charge is 2.37. The Bertz CT molecular complexity index is 774.